The van der Waals surface area contributed by atoms with Crippen LogP contribution in [0.15, 0.2) is 15.9 Å². The Labute approximate surface area is 136 Å². The number of carboxylic acid groups (broad SMARTS) is 1. The average Bonchev–Trinajstić information content (AvgIpc) is 2.88. The molecule has 0 spiro atoms. The summed E-state index contributed by atoms with van der Waals surface area (Å²) < 4.78 is 1.03. The maximum atomic E-state index is 12.2. The van der Waals surface area contributed by atoms with Gasteiger partial charge in [0.05, 0.1) is 6.54 Å². The quantitative estimate of drug-likeness (QED) is 0.830. The van der Waals surface area contributed by atoms with Gasteiger partial charge >= 0.3 is 12.0 Å². The van der Waals surface area contributed by atoms with Crippen LogP contribution in [0.25, 0.3) is 0 Å². The van der Waals surface area contributed by atoms with Crippen molar-refractivity contribution in [3.63, 3.8) is 0 Å². The van der Waals surface area contributed by atoms with Gasteiger partial charge in [-0.25, -0.2) is 4.79 Å². The number of nitrogens with zero attached hydrogens (tertiary/aromatic N) is 1. The Hall–Kier alpha value is -1.08. The van der Waals surface area contributed by atoms with Gasteiger partial charge in [0.25, 0.3) is 0 Å². The van der Waals surface area contributed by atoms with Gasteiger partial charge in [-0.15, -0.1) is 11.3 Å². The molecule has 0 aliphatic carbocycles. The molecular formula is C14H19BrN2O3S. The topological polar surface area (TPSA) is 69.6 Å². The number of likely N-dealkylation sites (tertiary alicyclic amines) is 1. The molecule has 1 aliphatic rings. The van der Waals surface area contributed by atoms with Crippen molar-refractivity contribution in [3.05, 3.63) is 20.8 Å². The van der Waals surface area contributed by atoms with Gasteiger partial charge in [-0.2, -0.15) is 0 Å². The third kappa shape index (κ3) is 5.32. The Morgan fingerprint density at radius 3 is 3.00 bits per heavy atom. The van der Waals surface area contributed by atoms with Gasteiger partial charge in [-0.1, -0.05) is 0 Å². The molecule has 5 nitrogen and oxygen atoms in total. The first-order valence-electron chi connectivity index (χ1n) is 7.02. The molecule has 2 rings (SSSR count). The van der Waals surface area contributed by atoms with E-state index in [0.29, 0.717) is 25.4 Å². The molecule has 1 saturated heterocycles. The van der Waals surface area contributed by atoms with E-state index in [2.05, 4.69) is 21.2 Å². The predicted molar refractivity (Wildman–Crippen MR) is 85.4 cm³/mol. The second-order valence-electron chi connectivity index (χ2n) is 5.28. The number of amides is 2. The van der Waals surface area contributed by atoms with Crippen LogP contribution in [0.4, 0.5) is 4.79 Å². The highest BCUT2D eigenvalue weighted by molar-refractivity contribution is 9.10. The summed E-state index contributed by atoms with van der Waals surface area (Å²) in [6.07, 6.45) is 2.79. The van der Waals surface area contributed by atoms with Crippen molar-refractivity contribution in [2.24, 2.45) is 5.92 Å². The number of carbonyl (C=O) groups excluding carboxylic acids is 1. The van der Waals surface area contributed by atoms with E-state index >= 15 is 0 Å². The smallest absolute Gasteiger partial charge is 0.317 e. The SMILES string of the molecule is O=C(O)CCC1CCCN(C(=O)NCc2cc(Br)cs2)C1. The van der Waals surface area contributed by atoms with Crippen LogP contribution in [0, 0.1) is 5.92 Å². The lowest BCUT2D eigenvalue weighted by Crippen LogP contribution is -2.45. The van der Waals surface area contributed by atoms with Gasteiger partial charge in [0, 0.05) is 34.2 Å². The molecule has 7 heteroatoms. The molecule has 0 aromatic carbocycles. The Morgan fingerprint density at radius 1 is 1.52 bits per heavy atom. The second-order valence-corrected chi connectivity index (χ2v) is 7.19. The van der Waals surface area contributed by atoms with Crippen LogP contribution in [0.3, 0.4) is 0 Å². The van der Waals surface area contributed by atoms with Gasteiger partial charge in [0.2, 0.25) is 0 Å². The summed E-state index contributed by atoms with van der Waals surface area (Å²) >= 11 is 5.00. The van der Waals surface area contributed by atoms with E-state index in [4.69, 9.17) is 5.11 Å². The molecule has 21 heavy (non-hydrogen) atoms. The van der Waals surface area contributed by atoms with E-state index in [1.54, 1.807) is 16.2 Å². The number of piperidine rings is 1. The van der Waals surface area contributed by atoms with Crippen molar-refractivity contribution in [2.45, 2.75) is 32.2 Å². The molecule has 2 N–H and O–H groups in total. The van der Waals surface area contributed by atoms with Crippen LogP contribution in [-0.2, 0) is 11.3 Å². The van der Waals surface area contributed by atoms with E-state index in [1.165, 1.54) is 0 Å². The summed E-state index contributed by atoms with van der Waals surface area (Å²) in [6.45, 7) is 1.95. The molecule has 1 aromatic rings. The standard InChI is InChI=1S/C14H19BrN2O3S/c15-11-6-12(21-9-11)7-16-14(20)17-5-1-2-10(8-17)3-4-13(18)19/h6,9-10H,1-5,7-8H2,(H,16,20)(H,18,19). The zero-order chi connectivity index (χ0) is 15.2. The van der Waals surface area contributed by atoms with Crippen molar-refractivity contribution in [1.82, 2.24) is 10.2 Å². The first-order chi connectivity index (χ1) is 10.0. The van der Waals surface area contributed by atoms with Crippen molar-refractivity contribution in [2.75, 3.05) is 13.1 Å². The van der Waals surface area contributed by atoms with Crippen LogP contribution in [-0.4, -0.2) is 35.1 Å². The lowest BCUT2D eigenvalue weighted by atomic mass is 9.93. The lowest BCUT2D eigenvalue weighted by Gasteiger charge is -2.32. The van der Waals surface area contributed by atoms with E-state index in [9.17, 15) is 9.59 Å². The largest absolute Gasteiger partial charge is 0.481 e. The van der Waals surface area contributed by atoms with Crippen molar-refractivity contribution in [3.8, 4) is 0 Å². The number of halogens is 1. The minimum atomic E-state index is -0.764. The molecular weight excluding hydrogens is 356 g/mol. The van der Waals surface area contributed by atoms with E-state index < -0.39 is 5.97 Å². The summed E-state index contributed by atoms with van der Waals surface area (Å²) in [5.41, 5.74) is 0. The minimum Gasteiger partial charge on any atom is -0.481 e. The first-order valence-corrected chi connectivity index (χ1v) is 8.69. The molecule has 1 fully saturated rings. The van der Waals surface area contributed by atoms with Crippen molar-refractivity contribution >= 4 is 39.3 Å². The Bertz CT molecular complexity index is 506. The predicted octanol–water partition coefficient (Wildman–Crippen LogP) is 3.30. The van der Waals surface area contributed by atoms with Gasteiger partial charge < -0.3 is 15.3 Å². The lowest BCUT2D eigenvalue weighted by molar-refractivity contribution is -0.137. The van der Waals surface area contributed by atoms with Gasteiger partial charge in [-0.05, 0) is 47.2 Å². The third-order valence-corrected chi connectivity index (χ3v) is 5.31. The molecule has 1 atom stereocenters. The average molecular weight is 375 g/mol. The molecule has 2 heterocycles. The van der Waals surface area contributed by atoms with E-state index in [1.807, 2.05) is 11.4 Å². The first kappa shape index (κ1) is 16.3. The fourth-order valence-electron chi connectivity index (χ4n) is 2.53. The Morgan fingerprint density at radius 2 is 2.33 bits per heavy atom. The molecule has 1 aromatic heterocycles. The number of nitrogens with one attached hydrogen (secondary N) is 1. The fourth-order valence-corrected chi connectivity index (χ4v) is 3.92. The molecule has 0 bridgehead atoms. The van der Waals surface area contributed by atoms with Gasteiger partial charge in [0.15, 0.2) is 0 Å². The zero-order valence-electron chi connectivity index (χ0n) is 11.7. The molecule has 116 valence electrons. The van der Waals surface area contributed by atoms with Crippen molar-refractivity contribution < 1.29 is 14.7 Å². The number of thiophene rings is 1. The molecule has 2 amide bonds. The second kappa shape index (κ2) is 7.79. The van der Waals surface area contributed by atoms with Gasteiger partial charge in [-0.3, -0.25) is 4.79 Å². The summed E-state index contributed by atoms with van der Waals surface area (Å²) in [5.74, 6) is -0.462. The summed E-state index contributed by atoms with van der Waals surface area (Å²) in [4.78, 5) is 25.7. The number of hydrogen-bond donors (Lipinski definition) is 2. The highest BCUT2D eigenvalue weighted by Crippen LogP contribution is 2.22. The maximum absolute atomic E-state index is 12.2. The van der Waals surface area contributed by atoms with Crippen LogP contribution in [0.2, 0.25) is 0 Å². The van der Waals surface area contributed by atoms with E-state index in [0.717, 1.165) is 28.7 Å². The summed E-state index contributed by atoms with van der Waals surface area (Å²) in [7, 11) is 0. The van der Waals surface area contributed by atoms with E-state index in [-0.39, 0.29) is 12.5 Å². The number of aliphatic carboxylic acids is 1. The van der Waals surface area contributed by atoms with Crippen LogP contribution in [0.5, 0.6) is 0 Å². The minimum absolute atomic E-state index is 0.0560. The Kier molecular flexibility index (Phi) is 6.05. The van der Waals surface area contributed by atoms with Gasteiger partial charge in [0.1, 0.15) is 0 Å². The third-order valence-electron chi connectivity index (χ3n) is 3.61. The normalized spacial score (nSPS) is 18.5. The van der Waals surface area contributed by atoms with Crippen LogP contribution >= 0.6 is 27.3 Å². The zero-order valence-corrected chi connectivity index (χ0v) is 14.1. The highest BCUT2D eigenvalue weighted by atomic mass is 79.9. The number of rotatable bonds is 5. The number of urea groups is 1. The molecule has 0 radical (unpaired) electrons. The summed E-state index contributed by atoms with van der Waals surface area (Å²) in [5, 5.41) is 13.7. The monoisotopic (exact) mass is 374 g/mol. The molecule has 1 unspecified atom stereocenters. The number of carbonyl (C=O) groups is 2. The Balaban J connectivity index is 1.77. The van der Waals surface area contributed by atoms with Crippen LogP contribution in [0.1, 0.15) is 30.6 Å². The number of hydrogen-bond acceptors (Lipinski definition) is 3. The molecule has 1 aliphatic heterocycles. The highest BCUT2D eigenvalue weighted by Gasteiger charge is 2.23. The van der Waals surface area contributed by atoms with Crippen LogP contribution < -0.4 is 5.32 Å². The fraction of sp³-hybridized carbons (Fsp3) is 0.571. The van der Waals surface area contributed by atoms with Crippen molar-refractivity contribution in [1.29, 1.82) is 0 Å². The maximum Gasteiger partial charge on any atom is 0.317 e. The number of carboxylic acids is 1. The molecule has 0 saturated carbocycles. The summed E-state index contributed by atoms with van der Waals surface area (Å²) in [6, 6.07) is 1.94.